The third kappa shape index (κ3) is 6.20. The zero-order valence-electron chi connectivity index (χ0n) is 21.5. The van der Waals surface area contributed by atoms with Crippen molar-refractivity contribution in [3.8, 4) is 5.75 Å². The molecule has 8 heteroatoms. The molecule has 0 spiro atoms. The molecule has 0 saturated carbocycles. The third-order valence-corrected chi connectivity index (χ3v) is 8.10. The molecule has 0 heterocycles. The van der Waals surface area contributed by atoms with Crippen LogP contribution in [0.4, 0.5) is 5.69 Å². The molecule has 1 N–H and O–H groups in total. The predicted octanol–water partition coefficient (Wildman–Crippen LogP) is 6.16. The quantitative estimate of drug-likeness (QED) is 0.361. The summed E-state index contributed by atoms with van der Waals surface area (Å²) in [5, 5.41) is 3.34. The summed E-state index contributed by atoms with van der Waals surface area (Å²) in [6.07, 6.45) is 0. The second kappa shape index (κ2) is 11.4. The van der Waals surface area contributed by atoms with Crippen LogP contribution in [0.2, 0.25) is 5.02 Å². The lowest BCUT2D eigenvalue weighted by atomic mass is 9.93. The van der Waals surface area contributed by atoms with E-state index in [2.05, 4.69) is 19.2 Å². The molecule has 0 saturated heterocycles. The van der Waals surface area contributed by atoms with Gasteiger partial charge in [0.2, 0.25) is 5.91 Å². The Hall–Kier alpha value is -3.03. The predicted molar refractivity (Wildman–Crippen MR) is 146 cm³/mol. The lowest BCUT2D eigenvalue weighted by molar-refractivity contribution is -0.120. The van der Waals surface area contributed by atoms with E-state index in [1.807, 2.05) is 32.9 Å². The molecule has 0 aromatic heterocycles. The number of halogens is 1. The number of sulfonamides is 1. The number of carbonyl (C=O) groups is 1. The van der Waals surface area contributed by atoms with Crippen LogP contribution in [0, 0.1) is 13.8 Å². The van der Waals surface area contributed by atoms with Crippen molar-refractivity contribution in [1.82, 2.24) is 5.32 Å². The molecule has 1 amide bonds. The molecule has 3 aromatic rings. The largest absolute Gasteiger partial charge is 0.496 e. The van der Waals surface area contributed by atoms with E-state index in [0.717, 1.165) is 32.3 Å². The van der Waals surface area contributed by atoms with Crippen molar-refractivity contribution in [2.24, 2.45) is 0 Å². The van der Waals surface area contributed by atoms with E-state index in [1.54, 1.807) is 37.4 Å². The SMILES string of the molecule is COc1cc(C)c(C(C)NC(=O)CN(c2cccc(Cl)c2)S(=O)(=O)c2ccc(C)cc2)cc1C(C)C. The number of hydrogen-bond acceptors (Lipinski definition) is 4. The Bertz CT molecular complexity index is 1340. The summed E-state index contributed by atoms with van der Waals surface area (Å²) >= 11 is 6.16. The van der Waals surface area contributed by atoms with Crippen molar-refractivity contribution in [3.63, 3.8) is 0 Å². The van der Waals surface area contributed by atoms with E-state index < -0.39 is 22.5 Å². The van der Waals surface area contributed by atoms with Gasteiger partial charge in [-0.1, -0.05) is 49.2 Å². The minimum Gasteiger partial charge on any atom is -0.496 e. The zero-order valence-corrected chi connectivity index (χ0v) is 23.1. The van der Waals surface area contributed by atoms with Crippen LogP contribution in [0.5, 0.6) is 5.75 Å². The van der Waals surface area contributed by atoms with Gasteiger partial charge in [-0.15, -0.1) is 0 Å². The molecule has 3 aromatic carbocycles. The Morgan fingerprint density at radius 1 is 1.00 bits per heavy atom. The van der Waals surface area contributed by atoms with Gasteiger partial charge in [0.15, 0.2) is 0 Å². The number of hydrogen-bond donors (Lipinski definition) is 1. The van der Waals surface area contributed by atoms with E-state index >= 15 is 0 Å². The van der Waals surface area contributed by atoms with Crippen LogP contribution in [0.15, 0.2) is 65.6 Å². The Labute approximate surface area is 219 Å². The Morgan fingerprint density at radius 3 is 2.25 bits per heavy atom. The van der Waals surface area contributed by atoms with E-state index in [1.165, 1.54) is 18.2 Å². The van der Waals surface area contributed by atoms with Crippen LogP contribution >= 0.6 is 11.6 Å². The molecule has 0 aliphatic heterocycles. The van der Waals surface area contributed by atoms with Crippen molar-refractivity contribution < 1.29 is 17.9 Å². The minimum absolute atomic E-state index is 0.0986. The van der Waals surface area contributed by atoms with Crippen molar-refractivity contribution >= 4 is 33.2 Å². The first-order chi connectivity index (χ1) is 16.9. The molecule has 3 rings (SSSR count). The third-order valence-electron chi connectivity index (χ3n) is 6.08. The van der Waals surface area contributed by atoms with Gasteiger partial charge >= 0.3 is 0 Å². The van der Waals surface area contributed by atoms with Crippen LogP contribution in [0.3, 0.4) is 0 Å². The summed E-state index contributed by atoms with van der Waals surface area (Å²) in [4.78, 5) is 13.3. The fourth-order valence-corrected chi connectivity index (χ4v) is 5.69. The van der Waals surface area contributed by atoms with Gasteiger partial charge < -0.3 is 10.1 Å². The Kier molecular flexibility index (Phi) is 8.69. The molecule has 0 bridgehead atoms. The van der Waals surface area contributed by atoms with Crippen molar-refractivity contribution in [1.29, 1.82) is 0 Å². The standard InChI is InChI=1S/C28H33ClN2O4S/c1-18(2)25-16-26(20(4)14-27(25)35-6)21(5)30-28(32)17-31(23-9-7-8-22(29)15-23)36(33,34)24-12-10-19(3)11-13-24/h7-16,18,21H,17H2,1-6H3,(H,30,32). The molecule has 0 radical (unpaired) electrons. The highest BCUT2D eigenvalue weighted by molar-refractivity contribution is 7.92. The lowest BCUT2D eigenvalue weighted by Crippen LogP contribution is -2.41. The van der Waals surface area contributed by atoms with Gasteiger partial charge in [0.05, 0.1) is 23.7 Å². The number of benzene rings is 3. The Balaban J connectivity index is 1.92. The molecule has 0 aliphatic carbocycles. The molecule has 36 heavy (non-hydrogen) atoms. The van der Waals surface area contributed by atoms with Gasteiger partial charge in [-0.3, -0.25) is 9.10 Å². The normalized spacial score (nSPS) is 12.3. The second-order valence-corrected chi connectivity index (χ2v) is 11.5. The zero-order chi connectivity index (χ0) is 26.6. The van der Waals surface area contributed by atoms with Gasteiger partial charge in [0.1, 0.15) is 12.3 Å². The highest BCUT2D eigenvalue weighted by Gasteiger charge is 2.28. The fourth-order valence-electron chi connectivity index (χ4n) is 4.09. The summed E-state index contributed by atoms with van der Waals surface area (Å²) in [5.74, 6) is 0.612. The maximum atomic E-state index is 13.6. The molecule has 6 nitrogen and oxygen atoms in total. The summed E-state index contributed by atoms with van der Waals surface area (Å²) in [6, 6.07) is 16.7. The first-order valence-corrected chi connectivity index (χ1v) is 13.6. The second-order valence-electron chi connectivity index (χ2n) is 9.20. The topological polar surface area (TPSA) is 75.7 Å². The van der Waals surface area contributed by atoms with Crippen LogP contribution in [0.1, 0.15) is 55.0 Å². The van der Waals surface area contributed by atoms with Gasteiger partial charge in [-0.2, -0.15) is 0 Å². The molecular formula is C28H33ClN2O4S. The van der Waals surface area contributed by atoms with Crippen molar-refractivity contribution in [3.05, 3.63) is 87.9 Å². The van der Waals surface area contributed by atoms with Gasteiger partial charge in [0, 0.05) is 5.02 Å². The summed E-state index contributed by atoms with van der Waals surface area (Å²) in [5.41, 5.74) is 4.22. The van der Waals surface area contributed by atoms with Crippen LogP contribution < -0.4 is 14.4 Å². The average Bonchev–Trinajstić information content (AvgIpc) is 2.82. The van der Waals surface area contributed by atoms with Crippen LogP contribution in [0.25, 0.3) is 0 Å². The van der Waals surface area contributed by atoms with Crippen LogP contribution in [-0.2, 0) is 14.8 Å². The van der Waals surface area contributed by atoms with E-state index in [9.17, 15) is 13.2 Å². The number of amides is 1. The summed E-state index contributed by atoms with van der Waals surface area (Å²) < 4.78 is 33.8. The number of rotatable bonds is 9. The first-order valence-electron chi connectivity index (χ1n) is 11.8. The maximum Gasteiger partial charge on any atom is 0.264 e. The number of carbonyl (C=O) groups excluding carboxylic acids is 1. The molecule has 192 valence electrons. The summed E-state index contributed by atoms with van der Waals surface area (Å²) in [6.45, 7) is 9.50. The van der Waals surface area contributed by atoms with E-state index in [0.29, 0.717) is 10.7 Å². The van der Waals surface area contributed by atoms with Gasteiger partial charge in [0.25, 0.3) is 10.0 Å². The van der Waals surface area contributed by atoms with Crippen molar-refractivity contribution in [2.45, 2.75) is 51.5 Å². The first kappa shape index (κ1) is 27.6. The maximum absolute atomic E-state index is 13.6. The fraction of sp³-hybridized carbons (Fsp3) is 0.321. The molecular weight excluding hydrogens is 496 g/mol. The molecule has 0 fully saturated rings. The van der Waals surface area contributed by atoms with Gasteiger partial charge in [-0.05, 0) is 85.8 Å². The highest BCUT2D eigenvalue weighted by Crippen LogP contribution is 2.32. The van der Waals surface area contributed by atoms with Gasteiger partial charge in [-0.25, -0.2) is 8.42 Å². The highest BCUT2D eigenvalue weighted by atomic mass is 35.5. The molecule has 1 atom stereocenters. The Morgan fingerprint density at radius 2 is 1.67 bits per heavy atom. The number of anilines is 1. The number of nitrogens with zero attached hydrogens (tertiary/aromatic N) is 1. The number of methoxy groups -OCH3 is 1. The molecule has 0 aliphatic rings. The van der Waals surface area contributed by atoms with Crippen molar-refractivity contribution in [2.75, 3.05) is 18.0 Å². The number of nitrogens with one attached hydrogen (secondary N) is 1. The van der Waals surface area contributed by atoms with E-state index in [4.69, 9.17) is 16.3 Å². The van der Waals surface area contributed by atoms with Crippen LogP contribution in [-0.4, -0.2) is 28.0 Å². The minimum atomic E-state index is -4.02. The lowest BCUT2D eigenvalue weighted by Gasteiger charge is -2.26. The number of aryl methyl sites for hydroxylation is 2. The van der Waals surface area contributed by atoms with E-state index in [-0.39, 0.29) is 16.9 Å². The molecule has 1 unspecified atom stereocenters. The summed E-state index contributed by atoms with van der Waals surface area (Å²) in [7, 11) is -2.38. The smallest absolute Gasteiger partial charge is 0.264 e. The number of ether oxygens (including phenoxy) is 1. The average molecular weight is 529 g/mol. The monoisotopic (exact) mass is 528 g/mol.